The predicted molar refractivity (Wildman–Crippen MR) is 58.8 cm³/mol. The van der Waals surface area contributed by atoms with E-state index < -0.39 is 0 Å². The second kappa shape index (κ2) is 9.96. The molecule has 0 aromatic carbocycles. The van der Waals surface area contributed by atoms with E-state index in [2.05, 4.69) is 39.5 Å². The summed E-state index contributed by atoms with van der Waals surface area (Å²) in [4.78, 5) is 2.46. The van der Waals surface area contributed by atoms with Gasteiger partial charge in [0.05, 0.1) is 6.61 Å². The highest BCUT2D eigenvalue weighted by atomic mass is 16.3. The molecule has 0 aliphatic carbocycles. The number of nitrogens with zero attached hydrogens (tertiary/aromatic N) is 1. The van der Waals surface area contributed by atoms with Crippen LogP contribution < -0.4 is 5.73 Å². The molecule has 0 aliphatic heterocycles. The van der Waals surface area contributed by atoms with E-state index in [-0.39, 0.29) is 6.61 Å². The summed E-state index contributed by atoms with van der Waals surface area (Å²) in [6.07, 6.45) is 0. The maximum Gasteiger partial charge on any atom is 0.0553 e. The highest BCUT2D eigenvalue weighted by Crippen LogP contribution is 2.02. The van der Waals surface area contributed by atoms with Crippen LogP contribution >= 0.6 is 0 Å². The Morgan fingerprint density at radius 2 is 1.46 bits per heavy atom. The molecule has 0 saturated heterocycles. The Morgan fingerprint density at radius 1 is 1.15 bits per heavy atom. The van der Waals surface area contributed by atoms with Crippen molar-refractivity contribution in [3.8, 4) is 0 Å². The van der Waals surface area contributed by atoms with Gasteiger partial charge in [-0.1, -0.05) is 6.92 Å². The molecular weight excluding hydrogens is 164 g/mol. The van der Waals surface area contributed by atoms with Crippen molar-refractivity contribution >= 4 is 0 Å². The third-order valence-electron chi connectivity index (χ3n) is 1.82. The predicted octanol–water partition coefficient (Wildman–Crippen LogP) is 1.06. The second-order valence-electron chi connectivity index (χ2n) is 3.53. The summed E-state index contributed by atoms with van der Waals surface area (Å²) in [6.45, 7) is 12.8. The zero-order valence-electron chi connectivity index (χ0n) is 9.75. The minimum absolute atomic E-state index is 0.0972. The van der Waals surface area contributed by atoms with Crippen molar-refractivity contribution in [3.05, 3.63) is 0 Å². The van der Waals surface area contributed by atoms with Crippen molar-refractivity contribution in [2.75, 3.05) is 19.7 Å². The van der Waals surface area contributed by atoms with Gasteiger partial charge in [0, 0.05) is 18.6 Å². The van der Waals surface area contributed by atoms with Crippen LogP contribution in [0.5, 0.6) is 0 Å². The van der Waals surface area contributed by atoms with Gasteiger partial charge >= 0.3 is 0 Å². The van der Waals surface area contributed by atoms with Gasteiger partial charge in [-0.05, 0) is 34.2 Å². The van der Waals surface area contributed by atoms with Gasteiger partial charge in [0.1, 0.15) is 0 Å². The van der Waals surface area contributed by atoms with Crippen LogP contribution in [0.15, 0.2) is 0 Å². The highest BCUT2D eigenvalue weighted by molar-refractivity contribution is 4.64. The molecule has 3 nitrogen and oxygen atoms in total. The van der Waals surface area contributed by atoms with Crippen molar-refractivity contribution in [2.45, 2.75) is 46.7 Å². The van der Waals surface area contributed by atoms with E-state index in [1.807, 2.05) is 0 Å². The fourth-order valence-electron chi connectivity index (χ4n) is 1.33. The van der Waals surface area contributed by atoms with Gasteiger partial charge in [-0.2, -0.15) is 0 Å². The summed E-state index contributed by atoms with van der Waals surface area (Å²) in [5.74, 6) is 0. The van der Waals surface area contributed by atoms with Gasteiger partial charge in [0.25, 0.3) is 0 Å². The summed E-state index contributed by atoms with van der Waals surface area (Å²) in [7, 11) is 0. The van der Waals surface area contributed by atoms with Crippen LogP contribution in [-0.4, -0.2) is 41.8 Å². The summed E-state index contributed by atoms with van der Waals surface area (Å²) in [6, 6.07) is 1.38. The van der Waals surface area contributed by atoms with Gasteiger partial charge in [0.2, 0.25) is 0 Å². The molecule has 0 aliphatic rings. The quantitative estimate of drug-likeness (QED) is 0.697. The third-order valence-corrected chi connectivity index (χ3v) is 1.82. The van der Waals surface area contributed by atoms with Gasteiger partial charge in [-0.25, -0.2) is 0 Å². The molecule has 0 saturated carbocycles. The van der Waals surface area contributed by atoms with E-state index in [1.165, 1.54) is 0 Å². The van der Waals surface area contributed by atoms with Crippen LogP contribution in [0.1, 0.15) is 34.6 Å². The topological polar surface area (TPSA) is 49.5 Å². The van der Waals surface area contributed by atoms with Crippen molar-refractivity contribution in [3.63, 3.8) is 0 Å². The number of rotatable bonds is 4. The molecular formula is C10H26N2O. The minimum atomic E-state index is 0.0972. The summed E-state index contributed by atoms with van der Waals surface area (Å²) in [5.41, 5.74) is 4.78. The summed E-state index contributed by atoms with van der Waals surface area (Å²) >= 11 is 0. The van der Waals surface area contributed by atoms with E-state index in [9.17, 15) is 0 Å². The van der Waals surface area contributed by atoms with Crippen molar-refractivity contribution in [1.82, 2.24) is 4.90 Å². The average Bonchev–Trinajstić information content (AvgIpc) is 2.04. The minimum Gasteiger partial charge on any atom is -0.395 e. The SMILES string of the molecule is CCN(C(C)C)C(C)C.NCCO. The Hall–Kier alpha value is -0.120. The van der Waals surface area contributed by atoms with Crippen LogP contribution in [-0.2, 0) is 0 Å². The Labute approximate surface area is 82.9 Å². The number of aliphatic hydroxyl groups is 1. The van der Waals surface area contributed by atoms with Crippen molar-refractivity contribution in [1.29, 1.82) is 0 Å². The molecule has 0 aromatic rings. The third kappa shape index (κ3) is 9.80. The lowest BCUT2D eigenvalue weighted by Crippen LogP contribution is -2.36. The molecule has 0 atom stereocenters. The summed E-state index contributed by atoms with van der Waals surface area (Å²) < 4.78 is 0. The average molecular weight is 190 g/mol. The lowest BCUT2D eigenvalue weighted by molar-refractivity contribution is 0.185. The monoisotopic (exact) mass is 190 g/mol. The fraction of sp³-hybridized carbons (Fsp3) is 1.00. The Kier molecular flexibility index (Phi) is 11.8. The number of hydrogen-bond acceptors (Lipinski definition) is 3. The fourth-order valence-corrected chi connectivity index (χ4v) is 1.33. The molecule has 0 aromatic heterocycles. The van der Waals surface area contributed by atoms with Crippen molar-refractivity contribution < 1.29 is 5.11 Å². The Balaban J connectivity index is 0. The van der Waals surface area contributed by atoms with Gasteiger partial charge in [-0.15, -0.1) is 0 Å². The molecule has 0 rings (SSSR count). The van der Waals surface area contributed by atoms with E-state index in [0.717, 1.165) is 6.54 Å². The Morgan fingerprint density at radius 3 is 1.46 bits per heavy atom. The lowest BCUT2D eigenvalue weighted by Gasteiger charge is -2.28. The van der Waals surface area contributed by atoms with Crippen LogP contribution in [0.2, 0.25) is 0 Å². The van der Waals surface area contributed by atoms with E-state index in [0.29, 0.717) is 18.6 Å². The highest BCUT2D eigenvalue weighted by Gasteiger charge is 2.08. The molecule has 3 heteroatoms. The van der Waals surface area contributed by atoms with Gasteiger partial charge in [0.15, 0.2) is 0 Å². The first-order chi connectivity index (χ1) is 6.01. The van der Waals surface area contributed by atoms with Crippen LogP contribution in [0.4, 0.5) is 0 Å². The maximum absolute atomic E-state index is 7.75. The molecule has 0 spiro atoms. The standard InChI is InChI=1S/C8H19N.C2H7NO/c1-6-9(7(2)3)8(4)5;3-1-2-4/h7-8H,6H2,1-5H3;4H,1-3H2. The first kappa shape index (κ1) is 15.4. The van der Waals surface area contributed by atoms with E-state index in [4.69, 9.17) is 10.8 Å². The van der Waals surface area contributed by atoms with Crippen LogP contribution in [0.3, 0.4) is 0 Å². The molecule has 82 valence electrons. The maximum atomic E-state index is 7.75. The molecule has 0 unspecified atom stereocenters. The van der Waals surface area contributed by atoms with Crippen LogP contribution in [0.25, 0.3) is 0 Å². The van der Waals surface area contributed by atoms with Crippen molar-refractivity contribution in [2.24, 2.45) is 5.73 Å². The molecule has 13 heavy (non-hydrogen) atoms. The smallest absolute Gasteiger partial charge is 0.0553 e. The first-order valence-corrected chi connectivity index (χ1v) is 5.07. The molecule has 0 bridgehead atoms. The van der Waals surface area contributed by atoms with E-state index in [1.54, 1.807) is 0 Å². The molecule has 3 N–H and O–H groups in total. The number of nitrogens with two attached hydrogens (primary N) is 1. The summed E-state index contributed by atoms with van der Waals surface area (Å²) in [5, 5.41) is 7.75. The zero-order chi connectivity index (χ0) is 10.9. The number of aliphatic hydroxyl groups excluding tert-OH is 1. The zero-order valence-corrected chi connectivity index (χ0v) is 9.75. The van der Waals surface area contributed by atoms with Crippen LogP contribution in [0, 0.1) is 0 Å². The Bertz CT molecular complexity index is 84.9. The largest absolute Gasteiger partial charge is 0.395 e. The van der Waals surface area contributed by atoms with E-state index >= 15 is 0 Å². The lowest BCUT2D eigenvalue weighted by atomic mass is 10.2. The molecule has 0 amide bonds. The van der Waals surface area contributed by atoms with Gasteiger partial charge < -0.3 is 10.8 Å². The van der Waals surface area contributed by atoms with Gasteiger partial charge in [-0.3, -0.25) is 4.90 Å². The second-order valence-corrected chi connectivity index (χ2v) is 3.53. The normalized spacial score (nSPS) is 10.6. The number of hydrogen-bond donors (Lipinski definition) is 2. The first-order valence-electron chi connectivity index (χ1n) is 5.07. The molecule has 0 fully saturated rings. The molecule has 0 radical (unpaired) electrons. The molecule has 0 heterocycles.